The number of aromatic amines is 1. The number of pyridine rings is 1. The van der Waals surface area contributed by atoms with Gasteiger partial charge in [0.15, 0.2) is 0 Å². The number of allylic oxidation sites excluding steroid dienone is 1. The summed E-state index contributed by atoms with van der Waals surface area (Å²) < 4.78 is 61.9. The van der Waals surface area contributed by atoms with Gasteiger partial charge in [0, 0.05) is 50.6 Å². The van der Waals surface area contributed by atoms with E-state index in [1.165, 1.54) is 12.3 Å². The fraction of sp³-hybridized carbons (Fsp3) is 0.303. The van der Waals surface area contributed by atoms with Crippen LogP contribution in [0.15, 0.2) is 78.5 Å². The molecule has 0 atom stereocenters. The summed E-state index contributed by atoms with van der Waals surface area (Å²) in [6.45, 7) is 5.17. The monoisotopic (exact) mass is 609 g/mol. The number of hydrogen-bond acceptors (Lipinski definition) is 5. The standard InChI is InChI=1S/C33H35F4N5O2/c1-21(2)25(32(43)42(3)4)14-15-38-16-17-44-29-13-11-24(20-39-29)30(23-10-12-28-26(18-23)31(34)41-40-28)27(19-33(35,36)37)22-8-6-5-7-9-22/h5-14,18,20-21,38H,15-17,19H2,1-4H3,(H,40,41)/b25-14+,30-27-. The number of amides is 1. The maximum atomic E-state index is 14.4. The predicted molar refractivity (Wildman–Crippen MR) is 163 cm³/mol. The molecule has 7 nitrogen and oxygen atoms in total. The topological polar surface area (TPSA) is 83.1 Å². The average Bonchev–Trinajstić information content (AvgIpc) is 3.36. The van der Waals surface area contributed by atoms with Gasteiger partial charge in [0.25, 0.3) is 0 Å². The molecule has 4 rings (SSSR count). The zero-order valence-electron chi connectivity index (χ0n) is 25.0. The van der Waals surface area contributed by atoms with Crippen molar-refractivity contribution >= 4 is 28.0 Å². The lowest BCUT2D eigenvalue weighted by atomic mass is 9.88. The second-order valence-corrected chi connectivity index (χ2v) is 10.7. The third-order valence-corrected chi connectivity index (χ3v) is 6.89. The van der Waals surface area contributed by atoms with Crippen LogP contribution >= 0.6 is 0 Å². The molecule has 0 spiro atoms. The Hall–Kier alpha value is -4.51. The summed E-state index contributed by atoms with van der Waals surface area (Å²) in [7, 11) is 3.43. The molecule has 232 valence electrons. The lowest BCUT2D eigenvalue weighted by Gasteiger charge is -2.19. The molecular formula is C33H35F4N5O2. The molecule has 44 heavy (non-hydrogen) atoms. The fourth-order valence-electron chi connectivity index (χ4n) is 4.78. The maximum absolute atomic E-state index is 14.4. The SMILES string of the molecule is CC(C)/C(=C\CNCCOc1ccc(/C(=C(/CC(F)(F)F)c2ccccc2)c2ccc3n[nH]c(F)c3c2)cn1)C(=O)N(C)C. The second-order valence-electron chi connectivity index (χ2n) is 10.7. The Labute approximate surface area is 253 Å². The van der Waals surface area contributed by atoms with E-state index in [0.717, 1.165) is 5.57 Å². The third kappa shape index (κ3) is 8.31. The van der Waals surface area contributed by atoms with Gasteiger partial charge >= 0.3 is 6.18 Å². The van der Waals surface area contributed by atoms with Gasteiger partial charge in [-0.2, -0.15) is 22.7 Å². The molecule has 0 saturated carbocycles. The van der Waals surface area contributed by atoms with Crippen molar-refractivity contribution < 1.29 is 27.1 Å². The van der Waals surface area contributed by atoms with E-state index >= 15 is 0 Å². The van der Waals surface area contributed by atoms with Crippen molar-refractivity contribution in [2.75, 3.05) is 33.8 Å². The highest BCUT2D eigenvalue weighted by atomic mass is 19.4. The third-order valence-electron chi connectivity index (χ3n) is 6.89. The molecule has 0 saturated heterocycles. The minimum absolute atomic E-state index is 0.0302. The summed E-state index contributed by atoms with van der Waals surface area (Å²) in [6, 6.07) is 16.2. The minimum Gasteiger partial charge on any atom is -0.476 e. The van der Waals surface area contributed by atoms with E-state index in [1.54, 1.807) is 73.6 Å². The minimum atomic E-state index is -4.50. The van der Waals surface area contributed by atoms with Gasteiger partial charge in [0.05, 0.1) is 17.3 Å². The van der Waals surface area contributed by atoms with Gasteiger partial charge in [-0.15, -0.1) is 0 Å². The molecule has 2 aromatic carbocycles. The number of nitrogens with one attached hydrogen (secondary N) is 2. The molecule has 0 aliphatic carbocycles. The summed E-state index contributed by atoms with van der Waals surface area (Å²) in [5, 5.41) is 9.54. The van der Waals surface area contributed by atoms with Gasteiger partial charge in [0.2, 0.25) is 17.7 Å². The number of H-pyrrole nitrogens is 1. The number of hydrogen-bond donors (Lipinski definition) is 2. The molecule has 2 heterocycles. The molecule has 0 aliphatic rings. The van der Waals surface area contributed by atoms with Crippen LogP contribution in [-0.4, -0.2) is 66.0 Å². The van der Waals surface area contributed by atoms with Gasteiger partial charge in [-0.1, -0.05) is 56.3 Å². The molecule has 0 fully saturated rings. The van der Waals surface area contributed by atoms with Crippen LogP contribution in [-0.2, 0) is 4.79 Å². The molecule has 2 N–H and O–H groups in total. The number of likely N-dealkylation sites (N-methyl/N-ethyl adjacent to an activating group) is 1. The van der Waals surface area contributed by atoms with Gasteiger partial charge in [-0.3, -0.25) is 9.89 Å². The Bertz CT molecular complexity index is 1630. The highest BCUT2D eigenvalue weighted by molar-refractivity contribution is 6.00. The first-order chi connectivity index (χ1) is 20.9. The Morgan fingerprint density at radius 3 is 2.41 bits per heavy atom. The van der Waals surface area contributed by atoms with Gasteiger partial charge in [0.1, 0.15) is 6.61 Å². The summed E-state index contributed by atoms with van der Waals surface area (Å²) in [5.41, 5.74) is 2.58. The fourth-order valence-corrected chi connectivity index (χ4v) is 4.78. The summed E-state index contributed by atoms with van der Waals surface area (Å²) in [5.74, 6) is -0.321. The maximum Gasteiger partial charge on any atom is 0.393 e. The highest BCUT2D eigenvalue weighted by Crippen LogP contribution is 2.40. The summed E-state index contributed by atoms with van der Waals surface area (Å²) in [6.07, 6.45) is -2.38. The van der Waals surface area contributed by atoms with Crippen LogP contribution in [0.5, 0.6) is 5.88 Å². The number of halogens is 4. The number of rotatable bonds is 12. The second kappa shape index (κ2) is 14.3. The van der Waals surface area contributed by atoms with Crippen molar-refractivity contribution in [2.45, 2.75) is 26.4 Å². The van der Waals surface area contributed by atoms with Crippen LogP contribution in [0.2, 0.25) is 0 Å². The van der Waals surface area contributed by atoms with E-state index in [0.29, 0.717) is 41.2 Å². The number of ether oxygens (including phenoxy) is 1. The van der Waals surface area contributed by atoms with Crippen LogP contribution in [0.4, 0.5) is 17.6 Å². The van der Waals surface area contributed by atoms with Crippen molar-refractivity contribution in [3.05, 3.63) is 101 Å². The van der Waals surface area contributed by atoms with Crippen molar-refractivity contribution in [1.29, 1.82) is 0 Å². The number of fused-ring (bicyclic) bond motifs is 1. The van der Waals surface area contributed by atoms with Crippen molar-refractivity contribution in [3.63, 3.8) is 0 Å². The van der Waals surface area contributed by atoms with E-state index in [-0.39, 0.29) is 35.0 Å². The van der Waals surface area contributed by atoms with Crippen molar-refractivity contribution in [1.82, 2.24) is 25.4 Å². The quantitative estimate of drug-likeness (QED) is 0.0814. The van der Waals surface area contributed by atoms with Gasteiger partial charge < -0.3 is 15.0 Å². The van der Waals surface area contributed by atoms with Crippen molar-refractivity contribution in [2.24, 2.45) is 5.92 Å². The van der Waals surface area contributed by atoms with Crippen LogP contribution in [0.25, 0.3) is 22.0 Å². The van der Waals surface area contributed by atoms with Crippen LogP contribution in [0.1, 0.15) is 37.0 Å². The molecule has 4 aromatic rings. The van der Waals surface area contributed by atoms with E-state index in [2.05, 4.69) is 20.5 Å². The number of benzene rings is 2. The number of carbonyl (C=O) groups excluding carboxylic acids is 1. The van der Waals surface area contributed by atoms with Gasteiger partial charge in [-0.25, -0.2) is 4.98 Å². The van der Waals surface area contributed by atoms with E-state index in [4.69, 9.17) is 4.74 Å². The number of aromatic nitrogens is 3. The number of carbonyl (C=O) groups is 1. The highest BCUT2D eigenvalue weighted by Gasteiger charge is 2.32. The van der Waals surface area contributed by atoms with Crippen LogP contribution < -0.4 is 10.1 Å². The predicted octanol–water partition coefficient (Wildman–Crippen LogP) is 6.65. The van der Waals surface area contributed by atoms with E-state index in [1.807, 2.05) is 19.9 Å². The van der Waals surface area contributed by atoms with Crippen LogP contribution in [0, 0.1) is 11.9 Å². The molecule has 2 aromatic heterocycles. The van der Waals surface area contributed by atoms with E-state index < -0.39 is 18.5 Å². The first-order valence-corrected chi connectivity index (χ1v) is 14.2. The lowest BCUT2D eigenvalue weighted by molar-refractivity contribution is -0.125. The molecule has 0 radical (unpaired) electrons. The number of nitrogens with zero attached hydrogens (tertiary/aromatic N) is 3. The molecule has 11 heteroatoms. The lowest BCUT2D eigenvalue weighted by Crippen LogP contribution is -2.27. The zero-order valence-corrected chi connectivity index (χ0v) is 25.0. The molecule has 0 bridgehead atoms. The molecule has 0 aliphatic heterocycles. The first kappa shape index (κ1) is 32.4. The van der Waals surface area contributed by atoms with Crippen molar-refractivity contribution in [3.8, 4) is 5.88 Å². The summed E-state index contributed by atoms with van der Waals surface area (Å²) in [4.78, 5) is 18.2. The number of alkyl halides is 3. The largest absolute Gasteiger partial charge is 0.476 e. The first-order valence-electron chi connectivity index (χ1n) is 14.2. The van der Waals surface area contributed by atoms with Gasteiger partial charge in [-0.05, 0) is 46.4 Å². The smallest absolute Gasteiger partial charge is 0.393 e. The Morgan fingerprint density at radius 1 is 1.05 bits per heavy atom. The molecule has 1 amide bonds. The summed E-state index contributed by atoms with van der Waals surface area (Å²) >= 11 is 0. The Kier molecular flexibility index (Phi) is 10.5. The Balaban J connectivity index is 1.58. The van der Waals surface area contributed by atoms with Crippen LogP contribution in [0.3, 0.4) is 0 Å². The van der Waals surface area contributed by atoms with E-state index in [9.17, 15) is 22.4 Å². The molecular weight excluding hydrogens is 574 g/mol. The molecule has 0 unspecified atom stereocenters. The Morgan fingerprint density at radius 2 is 1.77 bits per heavy atom. The zero-order chi connectivity index (χ0) is 31.9. The average molecular weight is 610 g/mol. The normalized spacial score (nSPS) is 12.9.